The lowest BCUT2D eigenvalue weighted by atomic mass is 10.1. The molecule has 0 spiro atoms. The van der Waals surface area contributed by atoms with Gasteiger partial charge >= 0.3 is 5.97 Å². The van der Waals surface area contributed by atoms with Crippen LogP contribution in [0, 0.1) is 0 Å². The number of carbonyl (C=O) groups excluding carboxylic acids is 3. The molecule has 0 radical (unpaired) electrons. The van der Waals surface area contributed by atoms with Gasteiger partial charge in [0.25, 0.3) is 11.8 Å². The summed E-state index contributed by atoms with van der Waals surface area (Å²) in [5.74, 6) is -0.790. The van der Waals surface area contributed by atoms with Gasteiger partial charge in [-0.05, 0) is 73.7 Å². The number of amides is 2. The van der Waals surface area contributed by atoms with E-state index in [9.17, 15) is 14.4 Å². The molecule has 1 aliphatic rings. The highest BCUT2D eigenvalue weighted by Gasteiger charge is 2.34. The number of nitrogens with zero attached hydrogens (tertiary/aromatic N) is 1. The van der Waals surface area contributed by atoms with Gasteiger partial charge in [0, 0.05) is 10.6 Å². The molecule has 3 aromatic rings. The highest BCUT2D eigenvalue weighted by Crippen LogP contribution is 2.27. The van der Waals surface area contributed by atoms with E-state index in [1.807, 2.05) is 0 Å². The summed E-state index contributed by atoms with van der Waals surface area (Å²) in [7, 11) is 0. The summed E-state index contributed by atoms with van der Waals surface area (Å²) >= 11 is 11.1. The van der Waals surface area contributed by atoms with Crippen molar-refractivity contribution in [1.29, 1.82) is 0 Å². The molecule has 1 aliphatic heterocycles. The average Bonchev–Trinajstić information content (AvgIpc) is 3.27. The minimum Gasteiger partial charge on any atom is -0.462 e. The highest BCUT2D eigenvalue weighted by atomic mass is 35.5. The summed E-state index contributed by atoms with van der Waals surface area (Å²) in [6, 6.07) is 16.6. The molecule has 0 saturated carbocycles. The molecule has 0 unspecified atom stereocenters. The second-order valence-corrected chi connectivity index (χ2v) is 7.76. The quantitative estimate of drug-likeness (QED) is 0.248. The molecule has 1 saturated heterocycles. The monoisotopic (exact) mass is 480 g/mol. The second-order valence-electron chi connectivity index (χ2n) is 6.93. The van der Waals surface area contributed by atoms with Crippen LogP contribution >= 0.6 is 23.8 Å². The lowest BCUT2D eigenvalue weighted by molar-refractivity contribution is -0.122. The van der Waals surface area contributed by atoms with Crippen LogP contribution in [-0.2, 0) is 14.3 Å². The van der Waals surface area contributed by atoms with E-state index in [1.165, 1.54) is 11.0 Å². The summed E-state index contributed by atoms with van der Waals surface area (Å²) in [5.41, 5.74) is 1.49. The number of esters is 1. The number of ether oxygens (including phenoxy) is 1. The lowest BCUT2D eigenvalue weighted by Crippen LogP contribution is -2.54. The minimum atomic E-state index is -0.619. The van der Waals surface area contributed by atoms with Crippen LogP contribution in [0.15, 0.2) is 70.7 Å². The normalized spacial score (nSPS) is 15.0. The van der Waals surface area contributed by atoms with Crippen molar-refractivity contribution in [1.82, 2.24) is 5.32 Å². The molecular weight excluding hydrogens is 464 g/mol. The molecule has 0 aliphatic carbocycles. The number of hydrogen-bond acceptors (Lipinski definition) is 6. The molecule has 1 N–H and O–H groups in total. The Bertz CT molecular complexity index is 1280. The highest BCUT2D eigenvalue weighted by molar-refractivity contribution is 7.80. The standard InChI is InChI=1S/C24H17ClN2O5S/c1-2-31-23(30)15-5-3-14(4-6-15)20-12-11-18(32-20)13-19-21(28)26-24(33)27(22(19)29)17-9-7-16(25)8-10-17/h3-13H,2H2,1H3,(H,26,28,33). The number of carbonyl (C=O) groups is 3. The van der Waals surface area contributed by atoms with Crippen molar-refractivity contribution < 1.29 is 23.5 Å². The van der Waals surface area contributed by atoms with Crippen LogP contribution in [0.3, 0.4) is 0 Å². The van der Waals surface area contributed by atoms with Crippen molar-refractivity contribution in [3.05, 3.63) is 82.6 Å². The molecule has 4 rings (SSSR count). The Labute approximate surface area is 199 Å². The van der Waals surface area contributed by atoms with E-state index in [2.05, 4.69) is 5.32 Å². The number of hydrogen-bond donors (Lipinski definition) is 1. The van der Waals surface area contributed by atoms with Gasteiger partial charge in [-0.2, -0.15) is 0 Å². The molecule has 2 amide bonds. The topological polar surface area (TPSA) is 88.9 Å². The summed E-state index contributed by atoms with van der Waals surface area (Å²) in [4.78, 5) is 38.5. The van der Waals surface area contributed by atoms with Crippen molar-refractivity contribution >= 4 is 58.5 Å². The van der Waals surface area contributed by atoms with Gasteiger partial charge in [-0.25, -0.2) is 4.79 Å². The number of benzene rings is 2. The van der Waals surface area contributed by atoms with Crippen molar-refractivity contribution in [2.75, 3.05) is 11.5 Å². The third-order valence-electron chi connectivity index (χ3n) is 4.78. The average molecular weight is 481 g/mol. The Morgan fingerprint density at radius 2 is 1.79 bits per heavy atom. The molecule has 7 nitrogen and oxygen atoms in total. The number of halogens is 1. The van der Waals surface area contributed by atoms with Gasteiger partial charge in [-0.15, -0.1) is 0 Å². The first-order chi connectivity index (χ1) is 15.9. The summed E-state index contributed by atoms with van der Waals surface area (Å²) in [6.07, 6.45) is 1.36. The first kappa shape index (κ1) is 22.4. The Kier molecular flexibility index (Phi) is 6.39. The third-order valence-corrected chi connectivity index (χ3v) is 5.32. The molecule has 2 aromatic carbocycles. The Hall–Kier alpha value is -3.75. The fraction of sp³-hybridized carbons (Fsp3) is 0.0833. The number of furan rings is 1. The fourth-order valence-electron chi connectivity index (χ4n) is 3.19. The van der Waals surface area contributed by atoms with Crippen molar-refractivity contribution in [3.8, 4) is 11.3 Å². The molecule has 166 valence electrons. The van der Waals surface area contributed by atoms with Crippen LogP contribution in [0.25, 0.3) is 17.4 Å². The van der Waals surface area contributed by atoms with Gasteiger partial charge in [0.05, 0.1) is 17.9 Å². The Morgan fingerprint density at radius 3 is 2.45 bits per heavy atom. The third kappa shape index (κ3) is 4.72. The fourth-order valence-corrected chi connectivity index (χ4v) is 3.60. The molecule has 0 atom stereocenters. The van der Waals surface area contributed by atoms with Crippen LogP contribution in [0.2, 0.25) is 5.02 Å². The number of nitrogens with one attached hydrogen (secondary N) is 1. The zero-order valence-corrected chi connectivity index (χ0v) is 18.9. The van der Waals surface area contributed by atoms with Gasteiger partial charge in [-0.1, -0.05) is 23.7 Å². The van der Waals surface area contributed by atoms with Crippen molar-refractivity contribution in [2.45, 2.75) is 6.92 Å². The molecular formula is C24H17ClN2O5S. The van der Waals surface area contributed by atoms with Crippen LogP contribution in [-0.4, -0.2) is 29.5 Å². The van der Waals surface area contributed by atoms with E-state index in [0.717, 1.165) is 5.56 Å². The number of anilines is 1. The Morgan fingerprint density at radius 1 is 1.09 bits per heavy atom. The van der Waals surface area contributed by atoms with E-state index >= 15 is 0 Å². The first-order valence-corrected chi connectivity index (χ1v) is 10.7. The predicted molar refractivity (Wildman–Crippen MR) is 128 cm³/mol. The Balaban J connectivity index is 1.59. The van der Waals surface area contributed by atoms with Gasteiger partial charge in [-0.3, -0.25) is 19.8 Å². The van der Waals surface area contributed by atoms with Gasteiger partial charge in [0.15, 0.2) is 5.11 Å². The van der Waals surface area contributed by atoms with E-state index in [4.69, 9.17) is 33.0 Å². The first-order valence-electron chi connectivity index (χ1n) is 9.92. The second kappa shape index (κ2) is 9.40. The van der Waals surface area contributed by atoms with E-state index in [0.29, 0.717) is 34.4 Å². The molecule has 2 heterocycles. The van der Waals surface area contributed by atoms with Gasteiger partial charge < -0.3 is 9.15 Å². The zero-order chi connectivity index (χ0) is 23.5. The molecule has 1 fully saturated rings. The van der Waals surface area contributed by atoms with E-state index in [-0.39, 0.29) is 10.7 Å². The summed E-state index contributed by atoms with van der Waals surface area (Å²) in [5, 5.41) is 3.00. The maximum atomic E-state index is 13.1. The van der Waals surface area contributed by atoms with E-state index in [1.54, 1.807) is 67.6 Å². The maximum Gasteiger partial charge on any atom is 0.338 e. The summed E-state index contributed by atoms with van der Waals surface area (Å²) in [6.45, 7) is 2.04. The van der Waals surface area contributed by atoms with Crippen LogP contribution in [0.5, 0.6) is 0 Å². The molecule has 33 heavy (non-hydrogen) atoms. The molecule has 9 heteroatoms. The lowest BCUT2D eigenvalue weighted by Gasteiger charge is -2.28. The van der Waals surface area contributed by atoms with Gasteiger partial charge in [0.2, 0.25) is 0 Å². The van der Waals surface area contributed by atoms with Crippen LogP contribution < -0.4 is 10.2 Å². The van der Waals surface area contributed by atoms with Crippen LogP contribution in [0.1, 0.15) is 23.0 Å². The minimum absolute atomic E-state index is 0.0219. The largest absolute Gasteiger partial charge is 0.462 e. The number of thiocarbonyl (C=S) groups is 1. The maximum absolute atomic E-state index is 13.1. The SMILES string of the molecule is CCOC(=O)c1ccc(-c2ccc(C=C3C(=O)NC(=S)N(c4ccc(Cl)cc4)C3=O)o2)cc1. The smallest absolute Gasteiger partial charge is 0.338 e. The molecule has 0 bridgehead atoms. The van der Waals surface area contributed by atoms with Gasteiger partial charge in [0.1, 0.15) is 17.1 Å². The predicted octanol–water partition coefficient (Wildman–Crippen LogP) is 4.61. The summed E-state index contributed by atoms with van der Waals surface area (Å²) < 4.78 is 10.8. The number of rotatable bonds is 5. The van der Waals surface area contributed by atoms with Crippen LogP contribution in [0.4, 0.5) is 5.69 Å². The van der Waals surface area contributed by atoms with E-state index < -0.39 is 17.8 Å². The van der Waals surface area contributed by atoms with Crippen molar-refractivity contribution in [2.24, 2.45) is 0 Å². The zero-order valence-electron chi connectivity index (χ0n) is 17.3. The van der Waals surface area contributed by atoms with Crippen molar-refractivity contribution in [3.63, 3.8) is 0 Å². The molecule has 1 aromatic heterocycles.